The summed E-state index contributed by atoms with van der Waals surface area (Å²) >= 11 is 0. The van der Waals surface area contributed by atoms with Gasteiger partial charge in [-0.2, -0.15) is 0 Å². The van der Waals surface area contributed by atoms with Crippen molar-refractivity contribution in [3.8, 4) is 0 Å². The maximum Gasteiger partial charge on any atom is 0.126 e. The molecule has 0 aliphatic heterocycles. The van der Waals surface area contributed by atoms with Crippen LogP contribution < -0.4 is 0 Å². The van der Waals surface area contributed by atoms with Gasteiger partial charge >= 0.3 is 0 Å². The standard InChI is InChI=1S/C12H27B/c1-5-7-9-12(10-8-6-2)13-11(3)4/h11-13H,5-10H2,1-4H3. The van der Waals surface area contributed by atoms with E-state index in [1.165, 1.54) is 45.8 Å². The van der Waals surface area contributed by atoms with Crippen LogP contribution in [0, 0.1) is 0 Å². The van der Waals surface area contributed by atoms with Gasteiger partial charge in [-0.1, -0.05) is 77.9 Å². The van der Waals surface area contributed by atoms with Gasteiger partial charge in [-0.3, -0.25) is 0 Å². The Kier molecular flexibility index (Phi) is 8.70. The molecular formula is C12H27B. The van der Waals surface area contributed by atoms with Gasteiger partial charge in [0.2, 0.25) is 0 Å². The number of hydrogen-bond donors (Lipinski definition) is 0. The zero-order chi connectivity index (χ0) is 10.1. The van der Waals surface area contributed by atoms with Gasteiger partial charge in [0.15, 0.2) is 0 Å². The van der Waals surface area contributed by atoms with Gasteiger partial charge in [0.25, 0.3) is 0 Å². The van der Waals surface area contributed by atoms with E-state index >= 15 is 0 Å². The number of rotatable bonds is 8. The molecule has 78 valence electrons. The van der Waals surface area contributed by atoms with E-state index < -0.39 is 0 Å². The molecule has 0 bridgehead atoms. The fourth-order valence-electron chi connectivity index (χ4n) is 2.03. The van der Waals surface area contributed by atoms with E-state index in [-0.39, 0.29) is 0 Å². The Labute approximate surface area is 85.7 Å². The van der Waals surface area contributed by atoms with Crippen molar-refractivity contribution in [2.24, 2.45) is 0 Å². The van der Waals surface area contributed by atoms with Gasteiger partial charge in [0, 0.05) is 0 Å². The summed E-state index contributed by atoms with van der Waals surface area (Å²) in [6.07, 6.45) is 8.52. The van der Waals surface area contributed by atoms with Gasteiger partial charge in [0.05, 0.1) is 0 Å². The lowest BCUT2D eigenvalue weighted by atomic mass is 9.53. The lowest BCUT2D eigenvalue weighted by molar-refractivity contribution is 0.592. The normalized spacial score (nSPS) is 11.2. The monoisotopic (exact) mass is 182 g/mol. The summed E-state index contributed by atoms with van der Waals surface area (Å²) < 4.78 is 0. The highest BCUT2D eigenvalue weighted by atomic mass is 14.0. The topological polar surface area (TPSA) is 0 Å². The van der Waals surface area contributed by atoms with E-state index in [1.54, 1.807) is 0 Å². The first-order chi connectivity index (χ1) is 6.20. The Morgan fingerprint density at radius 3 is 1.69 bits per heavy atom. The molecule has 0 spiro atoms. The Morgan fingerprint density at radius 1 is 0.923 bits per heavy atom. The Hall–Kier alpha value is 0.0649. The zero-order valence-corrected chi connectivity index (χ0v) is 10.1. The summed E-state index contributed by atoms with van der Waals surface area (Å²) in [5, 5.41) is 0. The highest BCUT2D eigenvalue weighted by Crippen LogP contribution is 2.24. The summed E-state index contributed by atoms with van der Waals surface area (Å²) in [5.74, 6) is 1.90. The minimum absolute atomic E-state index is 0.888. The Bertz CT molecular complexity index is 91.3. The molecular weight excluding hydrogens is 155 g/mol. The van der Waals surface area contributed by atoms with Crippen LogP contribution in [0.25, 0.3) is 0 Å². The highest BCUT2D eigenvalue weighted by Gasteiger charge is 2.11. The lowest BCUT2D eigenvalue weighted by Crippen LogP contribution is -2.07. The fraction of sp³-hybridized carbons (Fsp3) is 1.00. The van der Waals surface area contributed by atoms with E-state index in [0.717, 1.165) is 11.6 Å². The van der Waals surface area contributed by atoms with Crippen molar-refractivity contribution < 1.29 is 0 Å². The molecule has 0 nitrogen and oxygen atoms in total. The third-order valence-electron chi connectivity index (χ3n) is 2.74. The molecule has 0 amide bonds. The maximum absolute atomic E-state index is 2.35. The van der Waals surface area contributed by atoms with Crippen LogP contribution in [-0.2, 0) is 0 Å². The number of hydrogen-bond acceptors (Lipinski definition) is 0. The highest BCUT2D eigenvalue weighted by molar-refractivity contribution is 6.39. The first-order valence-corrected chi connectivity index (χ1v) is 6.20. The van der Waals surface area contributed by atoms with E-state index in [1.807, 2.05) is 0 Å². The summed E-state index contributed by atoms with van der Waals surface area (Å²) in [7, 11) is 1.44. The summed E-state index contributed by atoms with van der Waals surface area (Å²) in [6.45, 7) is 9.30. The molecule has 0 rings (SSSR count). The van der Waals surface area contributed by atoms with Crippen molar-refractivity contribution in [3.63, 3.8) is 0 Å². The van der Waals surface area contributed by atoms with Gasteiger partial charge in [-0.25, -0.2) is 0 Å². The van der Waals surface area contributed by atoms with Crippen LogP contribution in [0.4, 0.5) is 0 Å². The van der Waals surface area contributed by atoms with Gasteiger partial charge < -0.3 is 0 Å². The molecule has 1 heteroatoms. The SMILES string of the molecule is CCCCC(BC(C)C)CCCC. The quantitative estimate of drug-likeness (QED) is 0.487. The van der Waals surface area contributed by atoms with E-state index in [2.05, 4.69) is 27.7 Å². The van der Waals surface area contributed by atoms with Crippen LogP contribution in [0.2, 0.25) is 11.6 Å². The summed E-state index contributed by atoms with van der Waals surface area (Å²) in [4.78, 5) is 0. The van der Waals surface area contributed by atoms with Crippen molar-refractivity contribution in [1.29, 1.82) is 0 Å². The lowest BCUT2D eigenvalue weighted by Gasteiger charge is -2.16. The molecule has 0 aromatic heterocycles. The molecule has 0 N–H and O–H groups in total. The molecule has 0 aliphatic carbocycles. The van der Waals surface area contributed by atoms with Crippen molar-refractivity contribution in [2.75, 3.05) is 0 Å². The molecule has 0 unspecified atom stereocenters. The van der Waals surface area contributed by atoms with Gasteiger partial charge in [-0.15, -0.1) is 0 Å². The molecule has 0 heterocycles. The molecule has 0 saturated heterocycles. The third kappa shape index (κ3) is 8.40. The molecule has 0 aromatic carbocycles. The van der Waals surface area contributed by atoms with Gasteiger partial charge in [0.1, 0.15) is 7.28 Å². The third-order valence-corrected chi connectivity index (χ3v) is 2.74. The first-order valence-electron chi connectivity index (χ1n) is 6.20. The van der Waals surface area contributed by atoms with Crippen molar-refractivity contribution in [1.82, 2.24) is 0 Å². The van der Waals surface area contributed by atoms with Crippen LogP contribution >= 0.6 is 0 Å². The average molecular weight is 182 g/mol. The van der Waals surface area contributed by atoms with Crippen molar-refractivity contribution in [2.45, 2.75) is 77.9 Å². The molecule has 0 atom stereocenters. The van der Waals surface area contributed by atoms with Crippen LogP contribution in [0.1, 0.15) is 66.2 Å². The fourth-order valence-corrected chi connectivity index (χ4v) is 2.03. The minimum atomic E-state index is 0.888. The smallest absolute Gasteiger partial charge is 0.0710 e. The Morgan fingerprint density at radius 2 is 1.38 bits per heavy atom. The second-order valence-corrected chi connectivity index (χ2v) is 4.78. The largest absolute Gasteiger partial charge is 0.126 e. The molecule has 0 aromatic rings. The molecule has 0 saturated carbocycles. The maximum atomic E-state index is 2.35. The van der Waals surface area contributed by atoms with Crippen LogP contribution in [0.3, 0.4) is 0 Å². The van der Waals surface area contributed by atoms with E-state index in [4.69, 9.17) is 0 Å². The molecule has 0 fully saturated rings. The molecule has 13 heavy (non-hydrogen) atoms. The van der Waals surface area contributed by atoms with Crippen LogP contribution in [-0.4, -0.2) is 7.28 Å². The van der Waals surface area contributed by atoms with E-state index in [9.17, 15) is 0 Å². The predicted octanol–water partition coefficient (Wildman–Crippen LogP) is 4.42. The number of unbranched alkanes of at least 4 members (excludes halogenated alkanes) is 2. The zero-order valence-electron chi connectivity index (χ0n) is 10.1. The molecule has 0 aliphatic rings. The van der Waals surface area contributed by atoms with Gasteiger partial charge in [-0.05, 0) is 0 Å². The first kappa shape index (κ1) is 13.1. The van der Waals surface area contributed by atoms with E-state index in [0.29, 0.717) is 0 Å². The minimum Gasteiger partial charge on any atom is -0.0710 e. The predicted molar refractivity (Wildman–Crippen MR) is 65.0 cm³/mol. The summed E-state index contributed by atoms with van der Waals surface area (Å²) in [6, 6.07) is 0. The van der Waals surface area contributed by atoms with Crippen LogP contribution in [0.5, 0.6) is 0 Å². The average Bonchev–Trinajstić information content (AvgIpc) is 2.09. The summed E-state index contributed by atoms with van der Waals surface area (Å²) in [5.41, 5.74) is 0. The Balaban J connectivity index is 3.60. The molecule has 0 radical (unpaired) electrons. The second kappa shape index (κ2) is 8.65. The van der Waals surface area contributed by atoms with Crippen LogP contribution in [0.15, 0.2) is 0 Å². The second-order valence-electron chi connectivity index (χ2n) is 4.78. The van der Waals surface area contributed by atoms with Crippen molar-refractivity contribution >= 4 is 7.28 Å². The van der Waals surface area contributed by atoms with Crippen molar-refractivity contribution in [3.05, 3.63) is 0 Å².